The first kappa shape index (κ1) is 18.4. The molecule has 0 bridgehead atoms. The molecular formula is C22H16ClFN6. The summed E-state index contributed by atoms with van der Waals surface area (Å²) in [7, 11) is 0. The van der Waals surface area contributed by atoms with Crippen LogP contribution < -0.4 is 5.32 Å². The van der Waals surface area contributed by atoms with Gasteiger partial charge in [0.25, 0.3) is 0 Å². The number of H-pyrrole nitrogens is 1. The lowest BCUT2D eigenvalue weighted by Crippen LogP contribution is -2.08. The zero-order valence-electron chi connectivity index (χ0n) is 15.7. The van der Waals surface area contributed by atoms with E-state index < -0.39 is 0 Å². The number of aromatic nitrogens is 5. The van der Waals surface area contributed by atoms with Crippen molar-refractivity contribution in [2.45, 2.75) is 6.42 Å². The zero-order chi connectivity index (χ0) is 20.5. The summed E-state index contributed by atoms with van der Waals surface area (Å²) in [5, 5.41) is 4.67. The third kappa shape index (κ3) is 3.23. The number of anilines is 1. The Balaban J connectivity index is 1.54. The van der Waals surface area contributed by atoms with Crippen LogP contribution >= 0.6 is 11.6 Å². The predicted molar refractivity (Wildman–Crippen MR) is 116 cm³/mol. The van der Waals surface area contributed by atoms with Gasteiger partial charge in [-0.1, -0.05) is 29.8 Å². The van der Waals surface area contributed by atoms with E-state index in [-0.39, 0.29) is 5.82 Å². The molecule has 0 unspecified atom stereocenters. The van der Waals surface area contributed by atoms with Gasteiger partial charge in [0, 0.05) is 29.3 Å². The minimum atomic E-state index is -0.296. The van der Waals surface area contributed by atoms with Gasteiger partial charge >= 0.3 is 0 Å². The lowest BCUT2D eigenvalue weighted by Gasteiger charge is -2.15. The van der Waals surface area contributed by atoms with E-state index in [1.165, 1.54) is 12.4 Å². The van der Waals surface area contributed by atoms with E-state index >= 15 is 0 Å². The molecule has 0 atom stereocenters. The molecule has 0 spiro atoms. The number of aromatic amines is 1. The number of hydrogen-bond acceptors (Lipinski definition) is 5. The molecule has 0 aliphatic carbocycles. The first-order chi connectivity index (χ1) is 14.7. The van der Waals surface area contributed by atoms with Crippen LogP contribution in [0.1, 0.15) is 5.56 Å². The number of halogens is 2. The molecule has 0 saturated heterocycles. The monoisotopic (exact) mass is 418 g/mol. The number of rotatable bonds is 5. The Hall–Kier alpha value is -3.58. The normalized spacial score (nSPS) is 11.3. The molecule has 3 heterocycles. The fourth-order valence-electron chi connectivity index (χ4n) is 3.62. The van der Waals surface area contributed by atoms with Gasteiger partial charge in [0.2, 0.25) is 0 Å². The van der Waals surface area contributed by atoms with E-state index in [0.717, 1.165) is 16.5 Å². The van der Waals surface area contributed by atoms with Crippen LogP contribution in [0.15, 0.2) is 61.3 Å². The Kier molecular flexibility index (Phi) is 4.72. The van der Waals surface area contributed by atoms with E-state index in [4.69, 9.17) is 11.6 Å². The third-order valence-corrected chi connectivity index (χ3v) is 5.28. The van der Waals surface area contributed by atoms with E-state index in [2.05, 4.69) is 30.2 Å². The minimum absolute atomic E-state index is 0.296. The number of hydrogen-bond donors (Lipinski definition) is 2. The maximum atomic E-state index is 14.7. The summed E-state index contributed by atoms with van der Waals surface area (Å²) in [5.41, 5.74) is 4.17. The average molecular weight is 419 g/mol. The molecule has 5 aromatic rings. The largest absolute Gasteiger partial charge is 0.368 e. The standard InChI is InChI=1S/C22H16ClFN6/c23-16-10-13(7-9-26-21-20-22(28-11-27-20)30-12-29-21)18(15-4-1-2-6-17(15)24)19-14(16)5-3-8-25-19/h1-6,8,10-12H,7,9H2,(H2,26,27,28,29,30). The van der Waals surface area contributed by atoms with Gasteiger partial charge in [-0.3, -0.25) is 4.98 Å². The molecule has 0 aliphatic heterocycles. The van der Waals surface area contributed by atoms with Crippen LogP contribution in [0.4, 0.5) is 10.2 Å². The van der Waals surface area contributed by atoms with Gasteiger partial charge in [0.1, 0.15) is 17.7 Å². The van der Waals surface area contributed by atoms with Crippen LogP contribution in [0.3, 0.4) is 0 Å². The summed E-state index contributed by atoms with van der Waals surface area (Å²) < 4.78 is 14.7. The van der Waals surface area contributed by atoms with E-state index in [9.17, 15) is 4.39 Å². The van der Waals surface area contributed by atoms with Crippen LogP contribution in [-0.4, -0.2) is 31.5 Å². The SMILES string of the molecule is Fc1ccccc1-c1c(CCNc2ncnc3[nH]cnc23)cc(Cl)c2cccnc12. The van der Waals surface area contributed by atoms with Crippen LogP contribution in [0.2, 0.25) is 5.02 Å². The van der Waals surface area contributed by atoms with Gasteiger partial charge in [-0.25, -0.2) is 19.3 Å². The number of benzene rings is 2. The number of pyridine rings is 1. The second-order valence-corrected chi connectivity index (χ2v) is 7.18. The zero-order valence-corrected chi connectivity index (χ0v) is 16.5. The third-order valence-electron chi connectivity index (χ3n) is 4.97. The molecule has 0 amide bonds. The first-order valence-corrected chi connectivity index (χ1v) is 9.79. The van der Waals surface area contributed by atoms with Crippen LogP contribution in [-0.2, 0) is 6.42 Å². The van der Waals surface area contributed by atoms with Gasteiger partial charge < -0.3 is 10.3 Å². The molecule has 3 aromatic heterocycles. The molecule has 30 heavy (non-hydrogen) atoms. The Morgan fingerprint density at radius 2 is 1.90 bits per heavy atom. The highest BCUT2D eigenvalue weighted by Crippen LogP contribution is 2.36. The quantitative estimate of drug-likeness (QED) is 0.419. The van der Waals surface area contributed by atoms with Crippen molar-refractivity contribution < 1.29 is 4.39 Å². The van der Waals surface area contributed by atoms with E-state index in [1.54, 1.807) is 24.7 Å². The predicted octanol–water partition coefficient (Wildman–Crippen LogP) is 5.02. The highest BCUT2D eigenvalue weighted by molar-refractivity contribution is 6.36. The molecule has 6 nitrogen and oxygen atoms in total. The van der Waals surface area contributed by atoms with Crippen molar-refractivity contribution in [1.82, 2.24) is 24.9 Å². The fraction of sp³-hybridized carbons (Fsp3) is 0.0909. The Morgan fingerprint density at radius 1 is 1.00 bits per heavy atom. The van der Waals surface area contributed by atoms with Crippen molar-refractivity contribution in [3.8, 4) is 11.1 Å². The van der Waals surface area contributed by atoms with Gasteiger partial charge in [-0.2, -0.15) is 0 Å². The van der Waals surface area contributed by atoms with Crippen molar-refractivity contribution >= 4 is 39.5 Å². The van der Waals surface area contributed by atoms with Crippen LogP contribution in [0.25, 0.3) is 33.2 Å². The number of fused-ring (bicyclic) bond motifs is 2. The molecule has 2 aromatic carbocycles. The smallest absolute Gasteiger partial charge is 0.162 e. The molecule has 2 N–H and O–H groups in total. The topological polar surface area (TPSA) is 79.4 Å². The van der Waals surface area contributed by atoms with E-state index in [0.29, 0.717) is 46.1 Å². The minimum Gasteiger partial charge on any atom is -0.368 e. The molecule has 8 heteroatoms. The summed E-state index contributed by atoms with van der Waals surface area (Å²) in [6, 6.07) is 12.3. The van der Waals surface area contributed by atoms with Crippen molar-refractivity contribution in [2.24, 2.45) is 0 Å². The first-order valence-electron chi connectivity index (χ1n) is 9.41. The maximum Gasteiger partial charge on any atom is 0.162 e. The Bertz CT molecular complexity index is 1370. The molecule has 148 valence electrons. The number of nitrogens with zero attached hydrogens (tertiary/aromatic N) is 4. The van der Waals surface area contributed by atoms with E-state index in [1.807, 2.05) is 24.3 Å². The van der Waals surface area contributed by atoms with Crippen molar-refractivity contribution in [1.29, 1.82) is 0 Å². The van der Waals surface area contributed by atoms with Crippen molar-refractivity contribution in [3.63, 3.8) is 0 Å². The highest BCUT2D eigenvalue weighted by Gasteiger charge is 2.17. The van der Waals surface area contributed by atoms with Gasteiger partial charge in [0.15, 0.2) is 11.5 Å². The molecule has 0 radical (unpaired) electrons. The Morgan fingerprint density at radius 3 is 2.80 bits per heavy atom. The van der Waals surface area contributed by atoms with Gasteiger partial charge in [-0.05, 0) is 36.2 Å². The Labute approximate surface area is 176 Å². The number of nitrogens with one attached hydrogen (secondary N) is 2. The highest BCUT2D eigenvalue weighted by atomic mass is 35.5. The van der Waals surface area contributed by atoms with Crippen molar-refractivity contribution in [3.05, 3.63) is 77.7 Å². The fourth-order valence-corrected chi connectivity index (χ4v) is 3.91. The molecule has 0 saturated carbocycles. The molecule has 0 fully saturated rings. The van der Waals surface area contributed by atoms with Gasteiger partial charge in [-0.15, -0.1) is 0 Å². The van der Waals surface area contributed by atoms with Crippen molar-refractivity contribution in [2.75, 3.05) is 11.9 Å². The summed E-state index contributed by atoms with van der Waals surface area (Å²) >= 11 is 6.53. The summed E-state index contributed by atoms with van der Waals surface area (Å²) in [5.74, 6) is 0.341. The van der Waals surface area contributed by atoms with Crippen LogP contribution in [0.5, 0.6) is 0 Å². The maximum absolute atomic E-state index is 14.7. The van der Waals surface area contributed by atoms with Crippen LogP contribution in [0, 0.1) is 5.82 Å². The second kappa shape index (κ2) is 7.68. The molecule has 0 aliphatic rings. The number of imidazole rings is 1. The summed E-state index contributed by atoms with van der Waals surface area (Å²) in [4.78, 5) is 20.1. The molecular weight excluding hydrogens is 403 g/mol. The average Bonchev–Trinajstić information content (AvgIpc) is 3.25. The summed E-state index contributed by atoms with van der Waals surface area (Å²) in [6.07, 6.45) is 5.34. The lowest BCUT2D eigenvalue weighted by atomic mass is 9.94. The second-order valence-electron chi connectivity index (χ2n) is 6.77. The summed E-state index contributed by atoms with van der Waals surface area (Å²) in [6.45, 7) is 0.551. The van der Waals surface area contributed by atoms with Gasteiger partial charge in [0.05, 0.1) is 16.9 Å². The lowest BCUT2D eigenvalue weighted by molar-refractivity contribution is 0.631. The molecule has 5 rings (SSSR count).